The third kappa shape index (κ3) is 2.51. The second-order valence-corrected chi connectivity index (χ2v) is 3.03. The van der Waals surface area contributed by atoms with Gasteiger partial charge in [-0.3, -0.25) is 14.6 Å². The van der Waals surface area contributed by atoms with E-state index in [-0.39, 0.29) is 16.9 Å². The van der Waals surface area contributed by atoms with E-state index in [1.807, 2.05) is 0 Å². The van der Waals surface area contributed by atoms with Crippen LogP contribution in [0.25, 0.3) is 0 Å². The summed E-state index contributed by atoms with van der Waals surface area (Å²) in [4.78, 5) is 28.0. The Morgan fingerprint density at radius 1 is 1.69 bits per heavy atom. The van der Waals surface area contributed by atoms with Gasteiger partial charge < -0.3 is 9.88 Å². The number of aromatic nitrogens is 2. The van der Waals surface area contributed by atoms with Gasteiger partial charge in [0.25, 0.3) is 5.56 Å². The predicted molar refractivity (Wildman–Crippen MR) is 49.8 cm³/mol. The quantitative estimate of drug-likeness (QED) is 0.532. The average molecular weight is 199 g/mol. The Morgan fingerprint density at radius 3 is 2.92 bits per heavy atom. The zero-order valence-electron chi connectivity index (χ0n) is 7.03. The van der Waals surface area contributed by atoms with Crippen LogP contribution in [0.1, 0.15) is 5.56 Å². The minimum Gasteiger partial charge on any atom is -0.344 e. The molecule has 0 aromatic carbocycles. The van der Waals surface area contributed by atoms with E-state index < -0.39 is 0 Å². The van der Waals surface area contributed by atoms with E-state index in [0.29, 0.717) is 12.0 Å². The van der Waals surface area contributed by atoms with Crippen LogP contribution < -0.4 is 5.56 Å². The first-order valence-electron chi connectivity index (χ1n) is 3.60. The molecule has 0 aliphatic carbocycles. The fourth-order valence-electron chi connectivity index (χ4n) is 0.861. The van der Waals surface area contributed by atoms with Gasteiger partial charge in [-0.25, -0.2) is 0 Å². The van der Waals surface area contributed by atoms with Crippen LogP contribution in [0, 0.1) is 4.77 Å². The number of nitrogens with one attached hydrogen (secondary N) is 2. The van der Waals surface area contributed by atoms with E-state index >= 15 is 0 Å². The molecule has 5 nitrogen and oxygen atoms in total. The summed E-state index contributed by atoms with van der Waals surface area (Å²) in [6, 6.07) is 0. The molecule has 1 heterocycles. The third-order valence-corrected chi connectivity index (χ3v) is 1.72. The van der Waals surface area contributed by atoms with E-state index in [4.69, 9.17) is 12.2 Å². The average Bonchev–Trinajstić information content (AvgIpc) is 2.09. The molecule has 0 radical (unpaired) electrons. The van der Waals surface area contributed by atoms with E-state index in [1.165, 1.54) is 11.1 Å². The summed E-state index contributed by atoms with van der Waals surface area (Å²) in [5.74, 6) is 0. The van der Waals surface area contributed by atoms with Gasteiger partial charge in [0.1, 0.15) is 0 Å². The van der Waals surface area contributed by atoms with Crippen molar-refractivity contribution in [2.24, 2.45) is 0 Å². The molecule has 13 heavy (non-hydrogen) atoms. The lowest BCUT2D eigenvalue weighted by molar-refractivity contribution is -0.117. The van der Waals surface area contributed by atoms with Gasteiger partial charge in [0.05, 0.1) is 12.1 Å². The summed E-state index contributed by atoms with van der Waals surface area (Å²) < 4.78 is 0.280. The van der Waals surface area contributed by atoms with Crippen molar-refractivity contribution in [3.63, 3.8) is 0 Å². The van der Waals surface area contributed by atoms with Crippen molar-refractivity contribution in [2.45, 2.75) is 6.54 Å². The third-order valence-electron chi connectivity index (χ3n) is 1.50. The Morgan fingerprint density at radius 2 is 2.38 bits per heavy atom. The first-order valence-corrected chi connectivity index (χ1v) is 4.00. The van der Waals surface area contributed by atoms with Gasteiger partial charge in [-0.1, -0.05) is 0 Å². The van der Waals surface area contributed by atoms with Crippen LogP contribution >= 0.6 is 12.2 Å². The number of hydrogen-bond acceptors (Lipinski definition) is 3. The standard InChI is InChI=1S/C7H9N3O2S/c1-10(4-11)3-5-2-8-7(13)9-6(5)12/h2,4H,3H2,1H3,(H2,8,9,12,13). The second-order valence-electron chi connectivity index (χ2n) is 2.62. The van der Waals surface area contributed by atoms with Crippen LogP contribution in [0.4, 0.5) is 0 Å². The zero-order valence-corrected chi connectivity index (χ0v) is 7.85. The van der Waals surface area contributed by atoms with Crippen molar-refractivity contribution >= 4 is 18.6 Å². The molecular formula is C7H9N3O2S. The lowest BCUT2D eigenvalue weighted by atomic mass is 10.3. The molecule has 0 fully saturated rings. The van der Waals surface area contributed by atoms with Gasteiger partial charge in [-0.15, -0.1) is 0 Å². The van der Waals surface area contributed by atoms with Crippen molar-refractivity contribution in [2.75, 3.05) is 7.05 Å². The molecule has 1 rings (SSSR count). The summed E-state index contributed by atoms with van der Waals surface area (Å²) in [7, 11) is 1.59. The fraction of sp³-hybridized carbons (Fsp3) is 0.286. The summed E-state index contributed by atoms with van der Waals surface area (Å²) in [6.45, 7) is 0.269. The molecule has 70 valence electrons. The molecule has 0 spiro atoms. The minimum atomic E-state index is -0.266. The van der Waals surface area contributed by atoms with Crippen LogP contribution in [0.15, 0.2) is 11.0 Å². The number of hydrogen-bond donors (Lipinski definition) is 2. The van der Waals surface area contributed by atoms with Gasteiger partial charge in [0.15, 0.2) is 4.77 Å². The molecule has 6 heteroatoms. The minimum absolute atomic E-state index is 0.266. The van der Waals surface area contributed by atoms with Crippen molar-refractivity contribution in [1.29, 1.82) is 0 Å². The Labute approximate surface area is 79.4 Å². The highest BCUT2D eigenvalue weighted by molar-refractivity contribution is 7.71. The molecule has 1 amide bonds. The highest BCUT2D eigenvalue weighted by atomic mass is 32.1. The fourth-order valence-corrected chi connectivity index (χ4v) is 1.01. The number of H-pyrrole nitrogens is 2. The topological polar surface area (TPSA) is 69.0 Å². The van der Waals surface area contributed by atoms with Crippen molar-refractivity contribution in [3.8, 4) is 0 Å². The molecule has 1 aromatic heterocycles. The molecule has 0 bridgehead atoms. The van der Waals surface area contributed by atoms with Crippen LogP contribution in [0.3, 0.4) is 0 Å². The number of aromatic amines is 2. The largest absolute Gasteiger partial charge is 0.344 e. The maximum Gasteiger partial charge on any atom is 0.256 e. The van der Waals surface area contributed by atoms with Crippen LogP contribution in [-0.2, 0) is 11.3 Å². The Hall–Kier alpha value is -1.43. The SMILES string of the molecule is CN(C=O)Cc1c[nH]c(=S)[nH]c1=O. The number of carbonyl (C=O) groups is 1. The normalized spacial score (nSPS) is 9.62. The molecule has 0 saturated carbocycles. The molecule has 0 aliphatic heterocycles. The van der Waals surface area contributed by atoms with Crippen molar-refractivity contribution in [1.82, 2.24) is 14.9 Å². The highest BCUT2D eigenvalue weighted by Crippen LogP contribution is 1.91. The van der Waals surface area contributed by atoms with E-state index in [0.717, 1.165) is 0 Å². The Bertz CT molecular complexity index is 409. The maximum atomic E-state index is 11.2. The zero-order chi connectivity index (χ0) is 9.84. The second kappa shape index (κ2) is 3.99. The van der Waals surface area contributed by atoms with Gasteiger partial charge in [-0.05, 0) is 12.2 Å². The summed E-state index contributed by atoms with van der Waals surface area (Å²) in [5.41, 5.74) is 0.209. The van der Waals surface area contributed by atoms with Crippen LogP contribution in [0.2, 0.25) is 0 Å². The predicted octanol–water partition coefficient (Wildman–Crippen LogP) is 0.0207. The Kier molecular flexibility index (Phi) is 2.97. The van der Waals surface area contributed by atoms with Gasteiger partial charge in [-0.2, -0.15) is 0 Å². The van der Waals surface area contributed by atoms with Gasteiger partial charge in [0, 0.05) is 13.2 Å². The molecule has 0 saturated heterocycles. The van der Waals surface area contributed by atoms with Crippen molar-refractivity contribution in [3.05, 3.63) is 26.9 Å². The number of nitrogens with zero attached hydrogens (tertiary/aromatic N) is 1. The lowest BCUT2D eigenvalue weighted by Gasteiger charge is -2.08. The molecule has 0 atom stereocenters. The summed E-state index contributed by atoms with van der Waals surface area (Å²) in [6.07, 6.45) is 2.15. The van der Waals surface area contributed by atoms with E-state index in [2.05, 4.69) is 9.97 Å². The molecule has 1 aromatic rings. The van der Waals surface area contributed by atoms with Crippen LogP contribution in [0.5, 0.6) is 0 Å². The monoisotopic (exact) mass is 199 g/mol. The summed E-state index contributed by atoms with van der Waals surface area (Å²) in [5, 5.41) is 0. The van der Waals surface area contributed by atoms with Crippen LogP contribution in [-0.4, -0.2) is 28.3 Å². The maximum absolute atomic E-state index is 11.2. The van der Waals surface area contributed by atoms with E-state index in [9.17, 15) is 9.59 Å². The number of rotatable bonds is 3. The van der Waals surface area contributed by atoms with Gasteiger partial charge >= 0.3 is 0 Å². The molecule has 0 aliphatic rings. The smallest absolute Gasteiger partial charge is 0.256 e. The Balaban J connectivity index is 2.96. The van der Waals surface area contributed by atoms with Crippen molar-refractivity contribution < 1.29 is 4.79 Å². The number of carbonyl (C=O) groups excluding carboxylic acids is 1. The lowest BCUT2D eigenvalue weighted by Crippen LogP contribution is -2.22. The molecule has 0 unspecified atom stereocenters. The first kappa shape index (κ1) is 9.66. The molecule has 2 N–H and O–H groups in total. The first-order chi connectivity index (χ1) is 6.13. The van der Waals surface area contributed by atoms with Gasteiger partial charge in [0.2, 0.25) is 6.41 Å². The number of amides is 1. The highest BCUT2D eigenvalue weighted by Gasteiger charge is 2.01. The van der Waals surface area contributed by atoms with E-state index in [1.54, 1.807) is 7.05 Å². The molecular weight excluding hydrogens is 190 g/mol. The summed E-state index contributed by atoms with van der Waals surface area (Å²) >= 11 is 4.71.